The summed E-state index contributed by atoms with van der Waals surface area (Å²) in [6.07, 6.45) is 7.89. The van der Waals surface area contributed by atoms with Crippen molar-refractivity contribution >= 4 is 22.8 Å². The van der Waals surface area contributed by atoms with Crippen molar-refractivity contribution < 1.29 is 14.6 Å². The lowest BCUT2D eigenvalue weighted by atomic mass is 10.0. The molecule has 8 nitrogen and oxygen atoms in total. The van der Waals surface area contributed by atoms with Crippen molar-refractivity contribution in [3.05, 3.63) is 53.5 Å². The molecule has 34 heavy (non-hydrogen) atoms. The minimum atomic E-state index is -0.832. The molecule has 0 spiro atoms. The molecule has 0 bridgehead atoms. The fraction of sp³-hybridized carbons (Fsp3) is 0.500. The molecule has 2 N–H and O–H groups in total. The largest absolute Gasteiger partial charge is 0.480 e. The van der Waals surface area contributed by atoms with Crippen molar-refractivity contribution in [1.29, 1.82) is 0 Å². The van der Waals surface area contributed by atoms with Gasteiger partial charge in [-0.1, -0.05) is 18.2 Å². The molecule has 180 valence electrons. The minimum absolute atomic E-state index is 0.0682. The second-order valence-corrected chi connectivity index (χ2v) is 9.39. The molecule has 1 aromatic carbocycles. The minimum Gasteiger partial charge on any atom is -0.480 e. The number of imidazole rings is 1. The van der Waals surface area contributed by atoms with E-state index < -0.39 is 12.0 Å². The molecule has 0 saturated carbocycles. The molecule has 1 saturated heterocycles. The Morgan fingerprint density at radius 1 is 1.29 bits per heavy atom. The van der Waals surface area contributed by atoms with E-state index in [0.29, 0.717) is 19.7 Å². The third-order valence-corrected chi connectivity index (χ3v) is 6.97. The third kappa shape index (κ3) is 4.79. The van der Waals surface area contributed by atoms with Crippen molar-refractivity contribution in [2.75, 3.05) is 31.6 Å². The molecule has 0 radical (unpaired) electrons. The Hall–Kier alpha value is -2.97. The highest BCUT2D eigenvalue weighted by molar-refractivity contribution is 5.86. The van der Waals surface area contributed by atoms with Gasteiger partial charge >= 0.3 is 5.97 Å². The molecule has 3 aromatic rings. The van der Waals surface area contributed by atoms with Crippen LogP contribution in [0.4, 0.5) is 5.82 Å². The van der Waals surface area contributed by atoms with Crippen molar-refractivity contribution in [3.8, 4) is 0 Å². The van der Waals surface area contributed by atoms with Crippen LogP contribution in [0.3, 0.4) is 0 Å². The van der Waals surface area contributed by atoms with Gasteiger partial charge in [0, 0.05) is 44.5 Å². The predicted octanol–water partition coefficient (Wildman–Crippen LogP) is 3.57. The molecule has 4 heterocycles. The van der Waals surface area contributed by atoms with E-state index in [4.69, 9.17) is 9.72 Å². The number of para-hydroxylation sites is 1. The van der Waals surface area contributed by atoms with E-state index in [1.165, 1.54) is 12.0 Å². The molecule has 2 aromatic heterocycles. The van der Waals surface area contributed by atoms with E-state index in [9.17, 15) is 9.90 Å². The number of likely N-dealkylation sites (tertiary alicyclic amines) is 1. The van der Waals surface area contributed by atoms with Gasteiger partial charge in [0.15, 0.2) is 0 Å². The topological polar surface area (TPSA) is 92.5 Å². The van der Waals surface area contributed by atoms with Crippen LogP contribution in [-0.2, 0) is 29.4 Å². The fourth-order valence-corrected chi connectivity index (χ4v) is 5.24. The number of rotatable bonds is 9. The summed E-state index contributed by atoms with van der Waals surface area (Å²) in [6, 6.07) is 9.37. The van der Waals surface area contributed by atoms with E-state index in [1.807, 2.05) is 34.7 Å². The van der Waals surface area contributed by atoms with E-state index >= 15 is 0 Å². The highest BCUT2D eigenvalue weighted by Gasteiger charge is 2.35. The molecule has 2 atom stereocenters. The molecule has 8 heteroatoms. The second-order valence-electron chi connectivity index (χ2n) is 9.39. The first-order valence-corrected chi connectivity index (χ1v) is 12.3. The lowest BCUT2D eigenvalue weighted by Crippen LogP contribution is -2.33. The third-order valence-electron chi connectivity index (χ3n) is 6.97. The Labute approximate surface area is 200 Å². The van der Waals surface area contributed by atoms with Crippen LogP contribution < -0.4 is 5.32 Å². The summed E-state index contributed by atoms with van der Waals surface area (Å²) in [4.78, 5) is 23.4. The predicted molar refractivity (Wildman–Crippen MR) is 131 cm³/mol. The molecule has 0 aliphatic carbocycles. The number of nitrogens with zero attached hydrogens (tertiary/aromatic N) is 4. The Bertz CT molecular complexity index is 1160. The zero-order valence-electron chi connectivity index (χ0n) is 19.7. The van der Waals surface area contributed by atoms with Gasteiger partial charge in [0.2, 0.25) is 0 Å². The lowest BCUT2D eigenvalue weighted by Gasteiger charge is -2.25. The number of nitrogens with one attached hydrogen (secondary N) is 1. The molecule has 2 unspecified atom stereocenters. The zero-order valence-corrected chi connectivity index (χ0v) is 19.7. The highest BCUT2D eigenvalue weighted by atomic mass is 16.5. The Kier molecular flexibility index (Phi) is 6.78. The van der Waals surface area contributed by atoms with Crippen LogP contribution in [0.15, 0.2) is 36.7 Å². The van der Waals surface area contributed by atoms with Gasteiger partial charge in [-0.15, -0.1) is 0 Å². The Morgan fingerprint density at radius 2 is 2.21 bits per heavy atom. The molecule has 0 amide bonds. The van der Waals surface area contributed by atoms with Gasteiger partial charge in [-0.2, -0.15) is 0 Å². The summed E-state index contributed by atoms with van der Waals surface area (Å²) in [7, 11) is 1.91. The number of fused-ring (bicyclic) bond motifs is 2. The smallest absolute Gasteiger partial charge is 0.325 e. The number of benzene rings is 1. The van der Waals surface area contributed by atoms with Crippen molar-refractivity contribution in [2.24, 2.45) is 7.05 Å². The van der Waals surface area contributed by atoms with Gasteiger partial charge in [-0.3, -0.25) is 9.69 Å². The van der Waals surface area contributed by atoms with E-state index in [1.54, 1.807) is 6.33 Å². The van der Waals surface area contributed by atoms with Crippen LogP contribution >= 0.6 is 0 Å². The average molecular weight is 464 g/mol. The summed E-state index contributed by atoms with van der Waals surface area (Å²) < 4.78 is 8.04. The van der Waals surface area contributed by atoms with E-state index in [2.05, 4.69) is 22.4 Å². The Morgan fingerprint density at radius 3 is 3.09 bits per heavy atom. The van der Waals surface area contributed by atoms with E-state index in [0.717, 1.165) is 66.8 Å². The van der Waals surface area contributed by atoms with Gasteiger partial charge in [0.05, 0.1) is 23.5 Å². The number of unbranched alkanes of at least 4 members (excludes halogenated alkanes) is 1. The summed E-state index contributed by atoms with van der Waals surface area (Å²) in [5, 5.41) is 13.5. The number of hydrogen-bond acceptors (Lipinski definition) is 6. The number of aryl methyl sites for hydroxylation is 3. The highest BCUT2D eigenvalue weighted by Crippen LogP contribution is 2.31. The van der Waals surface area contributed by atoms with Crippen LogP contribution in [-0.4, -0.2) is 62.9 Å². The van der Waals surface area contributed by atoms with Gasteiger partial charge < -0.3 is 19.7 Å². The monoisotopic (exact) mass is 463 g/mol. The molecule has 5 rings (SSSR count). The number of pyridine rings is 1. The first-order chi connectivity index (χ1) is 16.6. The van der Waals surface area contributed by atoms with E-state index in [-0.39, 0.29) is 6.10 Å². The number of aliphatic carboxylic acids is 1. The number of carboxylic acids is 1. The fourth-order valence-electron chi connectivity index (χ4n) is 5.24. The van der Waals surface area contributed by atoms with Gasteiger partial charge in [-0.25, -0.2) is 9.97 Å². The van der Waals surface area contributed by atoms with Gasteiger partial charge in [-0.05, 0) is 56.2 Å². The summed E-state index contributed by atoms with van der Waals surface area (Å²) in [6.45, 7) is 3.04. The van der Waals surface area contributed by atoms with Gasteiger partial charge in [0.25, 0.3) is 0 Å². The number of aromatic nitrogens is 3. The summed E-state index contributed by atoms with van der Waals surface area (Å²) in [5.41, 5.74) is 4.95. The first kappa shape index (κ1) is 22.8. The van der Waals surface area contributed by atoms with Crippen molar-refractivity contribution in [2.45, 2.75) is 50.7 Å². The molecular weight excluding hydrogens is 430 g/mol. The van der Waals surface area contributed by atoms with Crippen LogP contribution in [0.2, 0.25) is 0 Å². The number of carboxylic acid groups (broad SMARTS) is 1. The summed E-state index contributed by atoms with van der Waals surface area (Å²) in [5.74, 6) is 0.224. The molecule has 2 aliphatic heterocycles. The maximum atomic E-state index is 12.3. The number of anilines is 1. The molecule has 1 fully saturated rings. The van der Waals surface area contributed by atoms with Crippen LogP contribution in [0, 0.1) is 0 Å². The lowest BCUT2D eigenvalue weighted by molar-refractivity contribution is -0.143. The SMILES string of the molecule is Cn1cnc2cccc(C(C(=O)O)N3CCC(OCCCCc4ccc5c(n4)NCCC5)C3)c21. The number of hydrogen-bond donors (Lipinski definition) is 2. The average Bonchev–Trinajstić information content (AvgIpc) is 3.46. The maximum absolute atomic E-state index is 12.3. The zero-order chi connectivity index (χ0) is 23.5. The van der Waals surface area contributed by atoms with Crippen molar-refractivity contribution in [3.63, 3.8) is 0 Å². The standard InChI is InChI=1S/C26H33N5O3/c1-30-17-28-22-9-4-8-21(23(22)30)24(26(32)33)31-14-12-20(16-31)34-15-3-2-7-19-11-10-18-6-5-13-27-25(18)29-19/h4,8-11,17,20,24H,2-3,5-7,12-16H2,1H3,(H,27,29)(H,32,33). The summed E-state index contributed by atoms with van der Waals surface area (Å²) >= 11 is 0. The van der Waals surface area contributed by atoms with Crippen LogP contribution in [0.25, 0.3) is 11.0 Å². The van der Waals surface area contributed by atoms with Crippen LogP contribution in [0.5, 0.6) is 0 Å². The van der Waals surface area contributed by atoms with Gasteiger partial charge in [0.1, 0.15) is 11.9 Å². The quantitative estimate of drug-likeness (QED) is 0.469. The normalized spacial score (nSPS) is 19.1. The molecular formula is C26H33N5O3. The maximum Gasteiger partial charge on any atom is 0.325 e. The van der Waals surface area contributed by atoms with Crippen molar-refractivity contribution in [1.82, 2.24) is 19.4 Å². The van der Waals surface area contributed by atoms with Crippen LogP contribution in [0.1, 0.15) is 48.5 Å². The second kappa shape index (κ2) is 10.1. The number of carbonyl (C=O) groups is 1. The Balaban J connectivity index is 1.12. The number of ether oxygens (including phenoxy) is 1. The first-order valence-electron chi connectivity index (χ1n) is 12.3. The molecule has 2 aliphatic rings.